The monoisotopic (exact) mass is 359 g/mol. The first-order valence-corrected chi connectivity index (χ1v) is 10.3. The highest BCUT2D eigenvalue weighted by Crippen LogP contribution is 2.37. The predicted octanol–water partition coefficient (Wildman–Crippen LogP) is 4.92. The quantitative estimate of drug-likeness (QED) is 0.425. The molecule has 0 unspecified atom stereocenters. The molecule has 1 aromatic carbocycles. The van der Waals surface area contributed by atoms with Crippen LogP contribution in [0.2, 0.25) is 18.1 Å². The molecule has 0 spiro atoms. The summed E-state index contributed by atoms with van der Waals surface area (Å²) < 4.78 is 6.85. The highest BCUT2D eigenvalue weighted by atomic mass is 79.9. The first-order valence-electron chi connectivity index (χ1n) is 6.62. The fraction of sp³-hybridized carbons (Fsp3) is 0.571. The molecule has 0 N–H and O–H groups in total. The molecular weight excluding hydrogens is 338 g/mol. The summed E-state index contributed by atoms with van der Waals surface area (Å²) in [6.45, 7) is 11.4. The topological polar surface area (TPSA) is 52.4 Å². The highest BCUT2D eigenvalue weighted by Gasteiger charge is 2.37. The maximum Gasteiger partial charge on any atom is 0.273 e. The van der Waals surface area contributed by atoms with E-state index in [2.05, 4.69) is 49.8 Å². The Balaban J connectivity index is 2.79. The van der Waals surface area contributed by atoms with Crippen molar-refractivity contribution in [1.82, 2.24) is 0 Å². The normalized spacial score (nSPS) is 12.5. The Labute approximate surface area is 129 Å². The third-order valence-electron chi connectivity index (χ3n) is 3.91. The van der Waals surface area contributed by atoms with Gasteiger partial charge in [0.2, 0.25) is 0 Å². The number of nitrogens with zero attached hydrogens (tertiary/aromatic N) is 1. The Kier molecular flexibility index (Phi) is 5.51. The van der Waals surface area contributed by atoms with Crippen LogP contribution >= 0.6 is 15.9 Å². The van der Waals surface area contributed by atoms with Crippen LogP contribution in [0.25, 0.3) is 0 Å². The minimum absolute atomic E-state index is 0.146. The van der Waals surface area contributed by atoms with Crippen LogP contribution in [0.1, 0.15) is 26.3 Å². The van der Waals surface area contributed by atoms with Gasteiger partial charge in [-0.1, -0.05) is 42.8 Å². The number of hydrogen-bond acceptors (Lipinski definition) is 3. The summed E-state index contributed by atoms with van der Waals surface area (Å²) >= 11 is 3.39. The van der Waals surface area contributed by atoms with Crippen LogP contribution in [0, 0.1) is 10.1 Å². The van der Waals surface area contributed by atoms with Gasteiger partial charge >= 0.3 is 0 Å². The minimum atomic E-state index is -1.81. The fourth-order valence-corrected chi connectivity index (χ4v) is 3.19. The van der Waals surface area contributed by atoms with Crippen molar-refractivity contribution in [3.05, 3.63) is 38.3 Å². The van der Waals surface area contributed by atoms with E-state index in [1.54, 1.807) is 6.07 Å². The molecule has 0 heterocycles. The average Bonchev–Trinajstić information content (AvgIpc) is 2.29. The fourth-order valence-electron chi connectivity index (χ4n) is 1.59. The third-order valence-corrected chi connectivity index (χ3v) is 9.19. The molecule has 0 atom stereocenters. The van der Waals surface area contributed by atoms with Crippen molar-refractivity contribution in [3.63, 3.8) is 0 Å². The lowest BCUT2D eigenvalue weighted by Gasteiger charge is -2.36. The van der Waals surface area contributed by atoms with Crippen LogP contribution < -0.4 is 0 Å². The Morgan fingerprint density at radius 2 is 1.95 bits per heavy atom. The minimum Gasteiger partial charge on any atom is -0.416 e. The van der Waals surface area contributed by atoms with E-state index in [1.807, 2.05) is 6.07 Å². The van der Waals surface area contributed by atoms with Crippen molar-refractivity contribution in [2.24, 2.45) is 0 Å². The van der Waals surface area contributed by atoms with Crippen LogP contribution in [-0.4, -0.2) is 19.8 Å². The summed E-state index contributed by atoms with van der Waals surface area (Å²) in [7, 11) is -1.81. The number of nitro groups is 1. The summed E-state index contributed by atoms with van der Waals surface area (Å²) in [4.78, 5) is 10.7. The second-order valence-corrected chi connectivity index (χ2v) is 12.0. The Bertz CT molecular complexity index is 498. The smallest absolute Gasteiger partial charge is 0.273 e. The Morgan fingerprint density at radius 3 is 2.45 bits per heavy atom. The maximum atomic E-state index is 11.0. The van der Waals surface area contributed by atoms with Gasteiger partial charge in [-0.3, -0.25) is 10.1 Å². The number of benzene rings is 1. The van der Waals surface area contributed by atoms with Crippen molar-refractivity contribution in [3.8, 4) is 0 Å². The largest absolute Gasteiger partial charge is 0.416 e. The van der Waals surface area contributed by atoms with E-state index in [1.165, 1.54) is 6.07 Å². The molecule has 1 aromatic rings. The van der Waals surface area contributed by atoms with Gasteiger partial charge in [0.1, 0.15) is 0 Å². The first kappa shape index (κ1) is 17.3. The van der Waals surface area contributed by atoms with Gasteiger partial charge in [-0.2, -0.15) is 0 Å². The average molecular weight is 360 g/mol. The highest BCUT2D eigenvalue weighted by molar-refractivity contribution is 9.10. The van der Waals surface area contributed by atoms with Crippen molar-refractivity contribution in [1.29, 1.82) is 0 Å². The van der Waals surface area contributed by atoms with E-state index < -0.39 is 8.32 Å². The van der Waals surface area contributed by atoms with Crippen LogP contribution in [0.3, 0.4) is 0 Å². The zero-order valence-corrected chi connectivity index (χ0v) is 15.3. The molecule has 20 heavy (non-hydrogen) atoms. The molecule has 1 rings (SSSR count). The van der Waals surface area contributed by atoms with Gasteiger partial charge in [0.25, 0.3) is 5.69 Å². The van der Waals surface area contributed by atoms with Gasteiger partial charge in [-0.15, -0.1) is 0 Å². The molecule has 6 heteroatoms. The van der Waals surface area contributed by atoms with Gasteiger partial charge in [-0.25, -0.2) is 0 Å². The predicted molar refractivity (Wildman–Crippen MR) is 87.6 cm³/mol. The van der Waals surface area contributed by atoms with Gasteiger partial charge in [0, 0.05) is 29.1 Å². The lowest BCUT2D eigenvalue weighted by atomic mass is 10.1. The van der Waals surface area contributed by atoms with Crippen molar-refractivity contribution >= 4 is 29.9 Å². The third kappa shape index (κ3) is 4.13. The van der Waals surface area contributed by atoms with Gasteiger partial charge in [0.05, 0.1) is 4.92 Å². The zero-order valence-electron chi connectivity index (χ0n) is 12.7. The SMILES string of the molecule is CC(C)(C)[Si](C)(C)OCCc1c(Br)cccc1[N+](=O)[O-]. The van der Waals surface area contributed by atoms with Crippen molar-refractivity contribution < 1.29 is 9.35 Å². The van der Waals surface area contributed by atoms with Crippen LogP contribution in [-0.2, 0) is 10.8 Å². The molecule has 4 nitrogen and oxygen atoms in total. The Hall–Kier alpha value is -0.723. The van der Waals surface area contributed by atoms with E-state index in [0.29, 0.717) is 18.6 Å². The van der Waals surface area contributed by atoms with Gasteiger partial charge in [0.15, 0.2) is 8.32 Å². The van der Waals surface area contributed by atoms with Gasteiger partial charge in [-0.05, 0) is 24.2 Å². The van der Waals surface area contributed by atoms with Crippen molar-refractivity contribution in [2.75, 3.05) is 6.61 Å². The number of hydrogen-bond donors (Lipinski definition) is 0. The molecule has 0 saturated carbocycles. The second kappa shape index (κ2) is 6.36. The van der Waals surface area contributed by atoms with Crippen LogP contribution in [0.4, 0.5) is 5.69 Å². The standard InChI is InChI=1S/C14H22BrNO3Si/c1-14(2,3)20(4,5)19-10-9-11-12(15)7-6-8-13(11)16(17)18/h6-8H,9-10H2,1-5H3. The summed E-state index contributed by atoms with van der Waals surface area (Å²) in [5, 5.41) is 11.2. The maximum absolute atomic E-state index is 11.0. The van der Waals surface area contributed by atoms with E-state index >= 15 is 0 Å². The second-order valence-electron chi connectivity index (χ2n) is 6.35. The molecule has 0 aliphatic rings. The van der Waals surface area contributed by atoms with E-state index in [-0.39, 0.29) is 15.6 Å². The van der Waals surface area contributed by atoms with Gasteiger partial charge < -0.3 is 4.43 Å². The lowest BCUT2D eigenvalue weighted by molar-refractivity contribution is -0.385. The molecule has 0 aliphatic heterocycles. The Morgan fingerprint density at radius 1 is 1.35 bits per heavy atom. The summed E-state index contributed by atoms with van der Waals surface area (Å²) in [6, 6.07) is 5.04. The molecule has 0 saturated heterocycles. The molecule has 0 radical (unpaired) electrons. The summed E-state index contributed by atoms with van der Waals surface area (Å²) in [5.41, 5.74) is 0.856. The molecular formula is C14H22BrNO3Si. The number of nitro benzene ring substituents is 1. The first-order chi connectivity index (χ1) is 9.06. The molecule has 0 bridgehead atoms. The molecule has 0 aromatic heterocycles. The van der Waals surface area contributed by atoms with E-state index in [0.717, 1.165) is 4.47 Å². The number of rotatable bonds is 5. The summed E-state index contributed by atoms with van der Waals surface area (Å²) in [5.74, 6) is 0. The lowest BCUT2D eigenvalue weighted by Crippen LogP contribution is -2.41. The molecule has 0 amide bonds. The molecule has 112 valence electrons. The van der Waals surface area contributed by atoms with E-state index in [4.69, 9.17) is 4.43 Å². The summed E-state index contributed by atoms with van der Waals surface area (Å²) in [6.07, 6.45) is 0.546. The zero-order chi connectivity index (χ0) is 15.6. The van der Waals surface area contributed by atoms with Crippen LogP contribution in [0.5, 0.6) is 0 Å². The van der Waals surface area contributed by atoms with E-state index in [9.17, 15) is 10.1 Å². The van der Waals surface area contributed by atoms with Crippen LogP contribution in [0.15, 0.2) is 22.7 Å². The van der Waals surface area contributed by atoms with Crippen molar-refractivity contribution in [2.45, 2.75) is 45.3 Å². The molecule has 0 aliphatic carbocycles. The molecule has 0 fully saturated rings. The number of halogens is 1.